The van der Waals surface area contributed by atoms with Crippen LogP contribution in [0.1, 0.15) is 23.0 Å². The van der Waals surface area contributed by atoms with Gasteiger partial charge in [0.1, 0.15) is 12.1 Å². The first-order valence-electron chi connectivity index (χ1n) is 5.71. The van der Waals surface area contributed by atoms with Crippen molar-refractivity contribution in [1.29, 1.82) is 0 Å². The van der Waals surface area contributed by atoms with Crippen molar-refractivity contribution in [1.82, 2.24) is 9.97 Å². The van der Waals surface area contributed by atoms with Crippen LogP contribution in [-0.4, -0.2) is 21.0 Å². The minimum absolute atomic E-state index is 0.0733. The number of aromatic nitrogens is 2. The van der Waals surface area contributed by atoms with E-state index in [2.05, 4.69) is 15.3 Å². The second-order valence-electron chi connectivity index (χ2n) is 3.87. The van der Waals surface area contributed by atoms with Crippen LogP contribution in [-0.2, 0) is 6.42 Å². The summed E-state index contributed by atoms with van der Waals surface area (Å²) >= 11 is 5.90. The number of aromatic carboxylic acids is 1. The summed E-state index contributed by atoms with van der Waals surface area (Å²) in [6.45, 7) is 2.00. The largest absolute Gasteiger partial charge is 0.478 e. The maximum atomic E-state index is 10.8. The number of anilines is 2. The van der Waals surface area contributed by atoms with Crippen LogP contribution in [0.4, 0.5) is 11.5 Å². The number of carboxylic acid groups (broad SMARTS) is 1. The Balaban J connectivity index is 2.23. The lowest BCUT2D eigenvalue weighted by molar-refractivity contribution is 0.0697. The maximum Gasteiger partial charge on any atom is 0.337 e. The predicted molar refractivity (Wildman–Crippen MR) is 73.1 cm³/mol. The number of carboxylic acids is 1. The van der Waals surface area contributed by atoms with E-state index in [0.29, 0.717) is 11.5 Å². The van der Waals surface area contributed by atoms with Gasteiger partial charge in [0.2, 0.25) is 0 Å². The Morgan fingerprint density at radius 1 is 1.37 bits per heavy atom. The van der Waals surface area contributed by atoms with E-state index >= 15 is 0 Å². The van der Waals surface area contributed by atoms with Crippen molar-refractivity contribution in [3.05, 3.63) is 46.9 Å². The minimum atomic E-state index is -1.05. The summed E-state index contributed by atoms with van der Waals surface area (Å²) in [4.78, 5) is 19.0. The van der Waals surface area contributed by atoms with Gasteiger partial charge in [-0.05, 0) is 24.6 Å². The summed E-state index contributed by atoms with van der Waals surface area (Å²) in [6.07, 6.45) is 2.30. The molecule has 0 atom stereocenters. The summed E-state index contributed by atoms with van der Waals surface area (Å²) in [5.41, 5.74) is 1.67. The molecule has 0 saturated carbocycles. The number of nitrogens with zero attached hydrogens (tertiary/aromatic N) is 2. The van der Waals surface area contributed by atoms with Gasteiger partial charge < -0.3 is 10.4 Å². The molecule has 0 unspecified atom stereocenters. The molecular weight excluding hydrogens is 266 g/mol. The van der Waals surface area contributed by atoms with Crippen molar-refractivity contribution in [3.8, 4) is 0 Å². The van der Waals surface area contributed by atoms with E-state index in [4.69, 9.17) is 16.7 Å². The Bertz CT molecular complexity index is 617. The molecule has 0 fully saturated rings. The van der Waals surface area contributed by atoms with E-state index in [1.807, 2.05) is 13.0 Å². The Labute approximate surface area is 115 Å². The molecule has 0 amide bonds. The predicted octanol–water partition coefficient (Wildman–Crippen LogP) is 3.13. The number of benzene rings is 1. The van der Waals surface area contributed by atoms with E-state index in [1.54, 1.807) is 12.1 Å². The second-order valence-corrected chi connectivity index (χ2v) is 4.28. The molecule has 0 aliphatic heterocycles. The minimum Gasteiger partial charge on any atom is -0.478 e. The Morgan fingerprint density at radius 3 is 2.79 bits per heavy atom. The number of halogens is 1. The molecule has 0 radical (unpaired) electrons. The topological polar surface area (TPSA) is 75.1 Å². The highest BCUT2D eigenvalue weighted by Gasteiger charge is 2.09. The summed E-state index contributed by atoms with van der Waals surface area (Å²) in [7, 11) is 0. The van der Waals surface area contributed by atoms with Crippen molar-refractivity contribution in [2.24, 2.45) is 0 Å². The molecule has 0 saturated heterocycles. The van der Waals surface area contributed by atoms with Crippen LogP contribution in [0.3, 0.4) is 0 Å². The molecule has 5 nitrogen and oxygen atoms in total. The quantitative estimate of drug-likeness (QED) is 0.898. The van der Waals surface area contributed by atoms with Crippen molar-refractivity contribution < 1.29 is 9.90 Å². The van der Waals surface area contributed by atoms with Gasteiger partial charge >= 0.3 is 5.97 Å². The first-order valence-corrected chi connectivity index (χ1v) is 6.08. The number of carbonyl (C=O) groups is 1. The highest BCUT2D eigenvalue weighted by atomic mass is 35.5. The molecule has 2 rings (SSSR count). The van der Waals surface area contributed by atoms with Crippen LogP contribution in [0, 0.1) is 0 Å². The van der Waals surface area contributed by atoms with Crippen LogP contribution < -0.4 is 5.32 Å². The number of aryl methyl sites for hydroxylation is 1. The highest BCUT2D eigenvalue weighted by molar-refractivity contribution is 6.33. The van der Waals surface area contributed by atoms with Crippen LogP contribution >= 0.6 is 11.6 Å². The summed E-state index contributed by atoms with van der Waals surface area (Å²) in [5, 5.41) is 12.1. The molecule has 0 bridgehead atoms. The standard InChI is InChI=1S/C13H12ClN3O2/c1-2-8-6-12(16-7-15-8)17-9-3-4-10(13(18)19)11(14)5-9/h3-7H,2H2,1H3,(H,18,19)(H,15,16,17). The first-order chi connectivity index (χ1) is 9.10. The van der Waals surface area contributed by atoms with Gasteiger partial charge in [-0.3, -0.25) is 0 Å². The Morgan fingerprint density at radius 2 is 2.16 bits per heavy atom. The van der Waals surface area contributed by atoms with Crippen molar-refractivity contribution in [2.75, 3.05) is 5.32 Å². The zero-order chi connectivity index (χ0) is 13.8. The fourth-order valence-corrected chi connectivity index (χ4v) is 1.83. The molecule has 1 heterocycles. The van der Waals surface area contributed by atoms with Gasteiger partial charge in [-0.1, -0.05) is 18.5 Å². The third-order valence-corrected chi connectivity index (χ3v) is 2.87. The fraction of sp³-hybridized carbons (Fsp3) is 0.154. The smallest absolute Gasteiger partial charge is 0.337 e. The molecular formula is C13H12ClN3O2. The average Bonchev–Trinajstić information content (AvgIpc) is 2.38. The van der Waals surface area contributed by atoms with Crippen LogP contribution in [0.25, 0.3) is 0 Å². The van der Waals surface area contributed by atoms with Crippen molar-refractivity contribution in [3.63, 3.8) is 0 Å². The zero-order valence-corrected chi connectivity index (χ0v) is 11.0. The molecule has 2 aromatic rings. The van der Waals surface area contributed by atoms with Crippen LogP contribution in [0.15, 0.2) is 30.6 Å². The van der Waals surface area contributed by atoms with Crippen molar-refractivity contribution >= 4 is 29.1 Å². The van der Waals surface area contributed by atoms with Crippen molar-refractivity contribution in [2.45, 2.75) is 13.3 Å². The number of nitrogens with one attached hydrogen (secondary N) is 1. The Kier molecular flexibility index (Phi) is 3.97. The van der Waals surface area contributed by atoms with E-state index in [-0.39, 0.29) is 10.6 Å². The monoisotopic (exact) mass is 277 g/mol. The third-order valence-electron chi connectivity index (χ3n) is 2.56. The van der Waals surface area contributed by atoms with Crippen LogP contribution in [0.2, 0.25) is 5.02 Å². The SMILES string of the molecule is CCc1cc(Nc2ccc(C(=O)O)c(Cl)c2)ncn1. The molecule has 0 aliphatic carbocycles. The third kappa shape index (κ3) is 3.20. The summed E-state index contributed by atoms with van der Waals surface area (Å²) < 4.78 is 0. The zero-order valence-electron chi connectivity index (χ0n) is 10.2. The lowest BCUT2D eigenvalue weighted by atomic mass is 10.2. The van der Waals surface area contributed by atoms with E-state index < -0.39 is 5.97 Å². The molecule has 98 valence electrons. The molecule has 6 heteroatoms. The van der Waals surface area contributed by atoms with Crippen LogP contribution in [0.5, 0.6) is 0 Å². The van der Waals surface area contributed by atoms with E-state index in [1.165, 1.54) is 12.4 Å². The summed E-state index contributed by atoms with van der Waals surface area (Å²) in [5.74, 6) is -0.405. The molecule has 1 aromatic carbocycles. The molecule has 1 aromatic heterocycles. The van der Waals surface area contributed by atoms with Gasteiger partial charge in [-0.2, -0.15) is 0 Å². The summed E-state index contributed by atoms with van der Waals surface area (Å²) in [6, 6.07) is 6.48. The van der Waals surface area contributed by atoms with Gasteiger partial charge in [-0.25, -0.2) is 14.8 Å². The average molecular weight is 278 g/mol. The lowest BCUT2D eigenvalue weighted by Crippen LogP contribution is -2.00. The van der Waals surface area contributed by atoms with Gasteiger partial charge in [0, 0.05) is 17.4 Å². The number of hydrogen-bond acceptors (Lipinski definition) is 4. The fourth-order valence-electron chi connectivity index (χ4n) is 1.57. The Hall–Kier alpha value is -2.14. The second kappa shape index (κ2) is 5.67. The molecule has 0 aliphatic rings. The normalized spacial score (nSPS) is 10.2. The van der Waals surface area contributed by atoms with Gasteiger partial charge in [0.25, 0.3) is 0 Å². The van der Waals surface area contributed by atoms with E-state index in [0.717, 1.165) is 12.1 Å². The highest BCUT2D eigenvalue weighted by Crippen LogP contribution is 2.23. The van der Waals surface area contributed by atoms with Gasteiger partial charge in [0.05, 0.1) is 10.6 Å². The number of rotatable bonds is 4. The van der Waals surface area contributed by atoms with Gasteiger partial charge in [0.15, 0.2) is 0 Å². The molecule has 0 spiro atoms. The number of hydrogen-bond donors (Lipinski definition) is 2. The maximum absolute atomic E-state index is 10.8. The first kappa shape index (κ1) is 13.3. The molecule has 19 heavy (non-hydrogen) atoms. The van der Waals surface area contributed by atoms with Gasteiger partial charge in [-0.15, -0.1) is 0 Å². The molecule has 2 N–H and O–H groups in total. The van der Waals surface area contributed by atoms with E-state index in [9.17, 15) is 4.79 Å². The lowest BCUT2D eigenvalue weighted by Gasteiger charge is -2.07.